The summed E-state index contributed by atoms with van der Waals surface area (Å²) < 4.78 is 40.5. The number of pyridine rings is 2. The Balaban J connectivity index is 1.42. The molecule has 2 saturated heterocycles. The van der Waals surface area contributed by atoms with Crippen LogP contribution in [0, 0.1) is 0 Å². The van der Waals surface area contributed by atoms with Crippen LogP contribution < -0.4 is 14.7 Å². The molecule has 0 aromatic carbocycles. The third-order valence-corrected chi connectivity index (χ3v) is 6.47. The number of rotatable bonds is 6. The molecule has 36 heavy (non-hydrogen) atoms. The van der Waals surface area contributed by atoms with Crippen molar-refractivity contribution in [3.63, 3.8) is 0 Å². The van der Waals surface area contributed by atoms with Crippen LogP contribution in [0.3, 0.4) is 0 Å². The SMILES string of the molecule is C=NCc1cncc(-c2cc(N3CCN(c4ncccc4C(F)(F)F)CC3)nc(N3CCCC3)n2)c1. The topological polar surface area (TPSA) is 73.6 Å². The van der Waals surface area contributed by atoms with Crippen LogP contribution in [0.1, 0.15) is 24.0 Å². The van der Waals surface area contributed by atoms with E-state index in [4.69, 9.17) is 9.97 Å². The first-order valence-corrected chi connectivity index (χ1v) is 12.0. The Morgan fingerprint density at radius 2 is 1.67 bits per heavy atom. The van der Waals surface area contributed by atoms with Crippen LogP contribution in [0.4, 0.5) is 30.8 Å². The lowest BCUT2D eigenvalue weighted by atomic mass is 10.1. The zero-order valence-corrected chi connectivity index (χ0v) is 19.8. The minimum Gasteiger partial charge on any atom is -0.353 e. The van der Waals surface area contributed by atoms with Crippen molar-refractivity contribution in [1.29, 1.82) is 0 Å². The van der Waals surface area contributed by atoms with E-state index in [-0.39, 0.29) is 5.82 Å². The minimum absolute atomic E-state index is 0.0236. The van der Waals surface area contributed by atoms with E-state index in [0.717, 1.165) is 54.6 Å². The van der Waals surface area contributed by atoms with Crippen molar-refractivity contribution in [2.75, 3.05) is 54.0 Å². The maximum Gasteiger partial charge on any atom is 0.419 e. The highest BCUT2D eigenvalue weighted by Gasteiger charge is 2.36. The predicted octanol–water partition coefficient (Wildman–Crippen LogP) is 4.08. The van der Waals surface area contributed by atoms with Gasteiger partial charge in [-0.25, -0.2) is 9.97 Å². The Bertz CT molecular complexity index is 1220. The molecular weight excluding hydrogens is 469 g/mol. The molecular formula is C25H27F3N8. The Labute approximate surface area is 207 Å². The first-order chi connectivity index (χ1) is 17.4. The zero-order valence-electron chi connectivity index (χ0n) is 19.8. The van der Waals surface area contributed by atoms with E-state index in [9.17, 15) is 13.2 Å². The van der Waals surface area contributed by atoms with Crippen LogP contribution in [0.15, 0.2) is 47.8 Å². The average molecular weight is 497 g/mol. The number of hydrogen-bond donors (Lipinski definition) is 0. The van der Waals surface area contributed by atoms with E-state index < -0.39 is 11.7 Å². The van der Waals surface area contributed by atoms with Crippen LogP contribution in [-0.4, -0.2) is 65.9 Å². The number of aliphatic imine (C=N–C) groups is 1. The molecule has 188 valence electrons. The van der Waals surface area contributed by atoms with Crippen molar-refractivity contribution in [2.45, 2.75) is 25.6 Å². The van der Waals surface area contributed by atoms with Gasteiger partial charge in [0.25, 0.3) is 0 Å². The molecule has 2 aliphatic heterocycles. The second-order valence-electron chi connectivity index (χ2n) is 8.92. The van der Waals surface area contributed by atoms with Crippen LogP contribution >= 0.6 is 0 Å². The van der Waals surface area contributed by atoms with Crippen molar-refractivity contribution in [3.05, 3.63) is 54.0 Å². The van der Waals surface area contributed by atoms with Gasteiger partial charge in [-0.1, -0.05) is 0 Å². The molecule has 0 saturated carbocycles. The fraction of sp³-hybridized carbons (Fsp3) is 0.400. The monoisotopic (exact) mass is 496 g/mol. The molecule has 5 heterocycles. The maximum absolute atomic E-state index is 13.5. The highest BCUT2D eigenvalue weighted by molar-refractivity contribution is 5.65. The van der Waals surface area contributed by atoms with Crippen molar-refractivity contribution in [1.82, 2.24) is 19.9 Å². The lowest BCUT2D eigenvalue weighted by Gasteiger charge is -2.37. The molecule has 8 nitrogen and oxygen atoms in total. The highest BCUT2D eigenvalue weighted by Crippen LogP contribution is 2.36. The molecule has 0 amide bonds. The third-order valence-electron chi connectivity index (χ3n) is 6.47. The van der Waals surface area contributed by atoms with Gasteiger partial charge in [-0.05, 0) is 43.3 Å². The lowest BCUT2D eigenvalue weighted by molar-refractivity contribution is -0.137. The molecule has 0 N–H and O–H groups in total. The van der Waals surface area contributed by atoms with E-state index in [2.05, 4.69) is 31.5 Å². The van der Waals surface area contributed by atoms with Gasteiger partial charge in [0.05, 0.1) is 17.8 Å². The smallest absolute Gasteiger partial charge is 0.353 e. The van der Waals surface area contributed by atoms with Gasteiger partial charge in [0.15, 0.2) is 0 Å². The Hall–Kier alpha value is -3.76. The summed E-state index contributed by atoms with van der Waals surface area (Å²) in [4.78, 5) is 28.0. The molecule has 5 rings (SSSR count). The summed E-state index contributed by atoms with van der Waals surface area (Å²) in [5, 5.41) is 0. The van der Waals surface area contributed by atoms with Crippen molar-refractivity contribution in [3.8, 4) is 11.3 Å². The van der Waals surface area contributed by atoms with Gasteiger partial charge < -0.3 is 14.7 Å². The van der Waals surface area contributed by atoms with Gasteiger partial charge in [0.1, 0.15) is 11.6 Å². The van der Waals surface area contributed by atoms with E-state index in [1.54, 1.807) is 17.3 Å². The summed E-state index contributed by atoms with van der Waals surface area (Å²) in [5.41, 5.74) is 1.85. The molecule has 0 radical (unpaired) electrons. The summed E-state index contributed by atoms with van der Waals surface area (Å²) in [5.74, 6) is 1.40. The first kappa shape index (κ1) is 24.0. The van der Waals surface area contributed by atoms with Crippen LogP contribution in [0.25, 0.3) is 11.3 Å². The van der Waals surface area contributed by atoms with Crippen LogP contribution in [-0.2, 0) is 12.7 Å². The normalized spacial score (nSPS) is 16.5. The van der Waals surface area contributed by atoms with E-state index in [0.29, 0.717) is 38.7 Å². The first-order valence-electron chi connectivity index (χ1n) is 12.0. The number of piperazine rings is 1. The summed E-state index contributed by atoms with van der Waals surface area (Å²) in [6.45, 7) is 7.66. The standard InChI is InChI=1S/C25H27F3N8/c1-29-15-18-13-19(17-30-16-18)21-14-22(33-24(32-21)36-7-2-3-8-36)34-9-11-35(12-10-34)23-20(25(26,27)28)5-4-6-31-23/h4-6,13-14,16-17H,1-3,7-12,15H2. The van der Waals surface area contributed by atoms with Gasteiger partial charge in [-0.3, -0.25) is 9.98 Å². The number of halogens is 3. The summed E-state index contributed by atoms with van der Waals surface area (Å²) >= 11 is 0. The summed E-state index contributed by atoms with van der Waals surface area (Å²) in [6, 6.07) is 6.33. The van der Waals surface area contributed by atoms with Crippen LogP contribution in [0.2, 0.25) is 0 Å². The number of nitrogens with zero attached hydrogens (tertiary/aromatic N) is 8. The van der Waals surface area contributed by atoms with E-state index in [1.807, 2.05) is 12.1 Å². The Morgan fingerprint density at radius 1 is 0.917 bits per heavy atom. The second kappa shape index (κ2) is 10.1. The molecule has 0 atom stereocenters. The molecule has 3 aromatic rings. The largest absolute Gasteiger partial charge is 0.419 e. The quantitative estimate of drug-likeness (QED) is 0.476. The van der Waals surface area contributed by atoms with Gasteiger partial charge >= 0.3 is 6.18 Å². The average Bonchev–Trinajstić information content (AvgIpc) is 3.44. The van der Waals surface area contributed by atoms with Crippen molar-refractivity contribution < 1.29 is 13.2 Å². The highest BCUT2D eigenvalue weighted by atomic mass is 19.4. The maximum atomic E-state index is 13.5. The fourth-order valence-corrected chi connectivity index (χ4v) is 4.65. The molecule has 2 fully saturated rings. The minimum atomic E-state index is -4.45. The van der Waals surface area contributed by atoms with Crippen molar-refractivity contribution in [2.24, 2.45) is 4.99 Å². The lowest BCUT2D eigenvalue weighted by Crippen LogP contribution is -2.47. The molecule has 0 unspecified atom stereocenters. The van der Waals surface area contributed by atoms with Gasteiger partial charge in [0.2, 0.25) is 5.95 Å². The van der Waals surface area contributed by atoms with Crippen LogP contribution in [0.5, 0.6) is 0 Å². The number of alkyl halides is 3. The molecule has 3 aromatic heterocycles. The Kier molecular flexibility index (Phi) is 6.71. The zero-order chi connectivity index (χ0) is 25.1. The fourth-order valence-electron chi connectivity index (χ4n) is 4.65. The van der Waals surface area contributed by atoms with Gasteiger partial charge in [0, 0.05) is 69.5 Å². The molecule has 11 heteroatoms. The van der Waals surface area contributed by atoms with Gasteiger partial charge in [-0.15, -0.1) is 0 Å². The molecule has 0 aliphatic carbocycles. The van der Waals surface area contributed by atoms with E-state index >= 15 is 0 Å². The van der Waals surface area contributed by atoms with Gasteiger partial charge in [-0.2, -0.15) is 18.2 Å². The predicted molar refractivity (Wildman–Crippen MR) is 134 cm³/mol. The third kappa shape index (κ3) is 5.09. The number of hydrogen-bond acceptors (Lipinski definition) is 8. The van der Waals surface area contributed by atoms with E-state index in [1.165, 1.54) is 12.3 Å². The number of aromatic nitrogens is 4. The second-order valence-corrected chi connectivity index (χ2v) is 8.92. The van der Waals surface area contributed by atoms with Crippen molar-refractivity contribution >= 4 is 24.3 Å². The molecule has 0 bridgehead atoms. The Morgan fingerprint density at radius 3 is 2.39 bits per heavy atom. The molecule has 0 spiro atoms. The summed E-state index contributed by atoms with van der Waals surface area (Å²) in [6.07, 6.45) is 2.67. The number of anilines is 3. The molecule has 2 aliphatic rings. The summed E-state index contributed by atoms with van der Waals surface area (Å²) in [7, 11) is 0.